The molecule has 3 aromatic rings. The average molecular weight is 381 g/mol. The molecule has 0 saturated carbocycles. The summed E-state index contributed by atoms with van der Waals surface area (Å²) in [6.45, 7) is 0. The smallest absolute Gasteiger partial charge is 0.146 e. The molecular weight excluding hydrogens is 360 g/mol. The average Bonchev–Trinajstić information content (AvgIpc) is 2.69. The molecule has 0 N–H and O–H groups in total. The molecule has 26 heavy (non-hydrogen) atoms. The lowest BCUT2D eigenvalue weighted by Gasteiger charge is -2.16. The Bertz CT molecular complexity index is 816. The Kier molecular flexibility index (Phi) is 6.93. The van der Waals surface area contributed by atoms with Gasteiger partial charge in [-0.2, -0.15) is 0 Å². The molecule has 0 aliphatic rings. The van der Waals surface area contributed by atoms with Crippen LogP contribution < -0.4 is 0 Å². The summed E-state index contributed by atoms with van der Waals surface area (Å²) in [5.41, 5.74) is 2.39. The van der Waals surface area contributed by atoms with E-state index in [1.165, 1.54) is 11.1 Å². The molecule has 0 radical (unpaired) electrons. The summed E-state index contributed by atoms with van der Waals surface area (Å²) in [6, 6.07) is 28.1. The van der Waals surface area contributed by atoms with Crippen molar-refractivity contribution in [3.63, 3.8) is 0 Å². The number of benzene rings is 3. The van der Waals surface area contributed by atoms with E-state index >= 15 is 0 Å². The number of carbonyl (C=O) groups is 1. The third-order valence-electron chi connectivity index (χ3n) is 4.22. The third-order valence-corrected chi connectivity index (χ3v) is 5.73. The summed E-state index contributed by atoms with van der Waals surface area (Å²) < 4.78 is 0. The van der Waals surface area contributed by atoms with Crippen LogP contribution in [-0.2, 0) is 17.6 Å². The SMILES string of the molecule is O=C(CCc1ccccc1)C(Cc1ccccc1)Sc1ccc(Cl)cc1. The van der Waals surface area contributed by atoms with E-state index in [1.807, 2.05) is 60.7 Å². The Morgan fingerprint density at radius 3 is 2.00 bits per heavy atom. The van der Waals surface area contributed by atoms with Crippen molar-refractivity contribution in [1.29, 1.82) is 0 Å². The molecule has 0 bridgehead atoms. The van der Waals surface area contributed by atoms with E-state index in [9.17, 15) is 4.79 Å². The molecule has 1 unspecified atom stereocenters. The molecule has 0 aliphatic heterocycles. The van der Waals surface area contributed by atoms with Gasteiger partial charge in [0.25, 0.3) is 0 Å². The van der Waals surface area contributed by atoms with Crippen LogP contribution in [0, 0.1) is 0 Å². The highest BCUT2D eigenvalue weighted by Crippen LogP contribution is 2.28. The van der Waals surface area contributed by atoms with Gasteiger partial charge >= 0.3 is 0 Å². The van der Waals surface area contributed by atoms with E-state index in [0.29, 0.717) is 11.4 Å². The number of thioether (sulfide) groups is 1. The topological polar surface area (TPSA) is 17.1 Å². The van der Waals surface area contributed by atoms with E-state index in [2.05, 4.69) is 24.3 Å². The lowest BCUT2D eigenvalue weighted by Crippen LogP contribution is -2.20. The number of halogens is 1. The molecule has 3 heteroatoms. The molecule has 1 nitrogen and oxygen atoms in total. The fourth-order valence-electron chi connectivity index (χ4n) is 2.80. The highest BCUT2D eigenvalue weighted by atomic mass is 35.5. The molecule has 132 valence electrons. The van der Waals surface area contributed by atoms with Crippen molar-refractivity contribution in [2.24, 2.45) is 0 Å². The maximum atomic E-state index is 12.9. The van der Waals surface area contributed by atoms with Gasteiger partial charge in [-0.05, 0) is 48.2 Å². The highest BCUT2D eigenvalue weighted by molar-refractivity contribution is 8.00. The van der Waals surface area contributed by atoms with Gasteiger partial charge < -0.3 is 0 Å². The summed E-state index contributed by atoms with van der Waals surface area (Å²) in [7, 11) is 0. The van der Waals surface area contributed by atoms with Gasteiger partial charge in [0.15, 0.2) is 0 Å². The second-order valence-electron chi connectivity index (χ2n) is 6.20. The number of hydrogen-bond acceptors (Lipinski definition) is 2. The second-order valence-corrected chi connectivity index (χ2v) is 7.91. The van der Waals surface area contributed by atoms with Crippen molar-refractivity contribution < 1.29 is 4.79 Å². The maximum absolute atomic E-state index is 12.9. The lowest BCUT2D eigenvalue weighted by atomic mass is 10.0. The molecule has 0 heterocycles. The molecule has 0 amide bonds. The predicted octanol–water partition coefficient (Wildman–Crippen LogP) is 6.25. The Balaban J connectivity index is 1.70. The summed E-state index contributed by atoms with van der Waals surface area (Å²) in [6.07, 6.45) is 2.08. The van der Waals surface area contributed by atoms with Crippen LogP contribution in [-0.4, -0.2) is 11.0 Å². The fourth-order valence-corrected chi connectivity index (χ4v) is 4.07. The van der Waals surface area contributed by atoms with Crippen LogP contribution in [0.5, 0.6) is 0 Å². The monoisotopic (exact) mass is 380 g/mol. The molecule has 0 fully saturated rings. The molecule has 1 atom stereocenters. The van der Waals surface area contributed by atoms with Crippen LogP contribution in [0.2, 0.25) is 5.02 Å². The molecule has 3 aromatic carbocycles. The van der Waals surface area contributed by atoms with Gasteiger partial charge in [0.1, 0.15) is 5.78 Å². The molecule has 0 aromatic heterocycles. The summed E-state index contributed by atoms with van der Waals surface area (Å²) in [4.78, 5) is 14.0. The maximum Gasteiger partial charge on any atom is 0.146 e. The van der Waals surface area contributed by atoms with Crippen molar-refractivity contribution in [1.82, 2.24) is 0 Å². The van der Waals surface area contributed by atoms with Crippen molar-refractivity contribution in [3.8, 4) is 0 Å². The number of Topliss-reactive ketones (excluding diaryl/α,β-unsaturated/α-hetero) is 1. The van der Waals surface area contributed by atoms with Gasteiger partial charge in [-0.3, -0.25) is 4.79 Å². The number of aryl methyl sites for hydroxylation is 1. The van der Waals surface area contributed by atoms with E-state index in [1.54, 1.807) is 11.8 Å². The molecule has 0 saturated heterocycles. The van der Waals surface area contributed by atoms with Crippen molar-refractivity contribution in [3.05, 3.63) is 101 Å². The number of hydrogen-bond donors (Lipinski definition) is 0. The largest absolute Gasteiger partial charge is 0.298 e. The van der Waals surface area contributed by atoms with Crippen molar-refractivity contribution in [2.45, 2.75) is 29.4 Å². The lowest BCUT2D eigenvalue weighted by molar-refractivity contribution is -0.118. The fraction of sp³-hybridized carbons (Fsp3) is 0.174. The van der Waals surface area contributed by atoms with Crippen LogP contribution >= 0.6 is 23.4 Å². The van der Waals surface area contributed by atoms with Crippen molar-refractivity contribution in [2.75, 3.05) is 0 Å². The zero-order chi connectivity index (χ0) is 18.2. The summed E-state index contributed by atoms with van der Waals surface area (Å²) in [5, 5.41) is 0.617. The first-order valence-electron chi connectivity index (χ1n) is 8.73. The summed E-state index contributed by atoms with van der Waals surface area (Å²) in [5.74, 6) is 0.289. The van der Waals surface area contributed by atoms with Gasteiger partial charge in [0.05, 0.1) is 5.25 Å². The number of carbonyl (C=O) groups excluding carboxylic acids is 1. The van der Waals surface area contributed by atoms with Crippen LogP contribution in [0.4, 0.5) is 0 Å². The molecule has 3 rings (SSSR count). The Morgan fingerprint density at radius 2 is 1.38 bits per heavy atom. The standard InChI is InChI=1S/C23H21ClOS/c24-20-12-14-21(15-13-20)26-23(17-19-9-5-2-6-10-19)22(25)16-11-18-7-3-1-4-8-18/h1-10,12-15,23H,11,16-17H2. The van der Waals surface area contributed by atoms with E-state index in [0.717, 1.165) is 17.7 Å². The van der Waals surface area contributed by atoms with Crippen LogP contribution in [0.1, 0.15) is 17.5 Å². The van der Waals surface area contributed by atoms with Gasteiger partial charge in [0.2, 0.25) is 0 Å². The summed E-state index contributed by atoms with van der Waals surface area (Å²) >= 11 is 7.61. The first-order valence-corrected chi connectivity index (χ1v) is 9.99. The van der Waals surface area contributed by atoms with Crippen molar-refractivity contribution >= 4 is 29.1 Å². The van der Waals surface area contributed by atoms with Gasteiger partial charge in [-0.15, -0.1) is 11.8 Å². The minimum absolute atomic E-state index is 0.0951. The highest BCUT2D eigenvalue weighted by Gasteiger charge is 2.20. The van der Waals surface area contributed by atoms with E-state index in [-0.39, 0.29) is 11.0 Å². The van der Waals surface area contributed by atoms with Gasteiger partial charge in [-0.1, -0.05) is 72.3 Å². The predicted molar refractivity (Wildman–Crippen MR) is 111 cm³/mol. The van der Waals surface area contributed by atoms with Gasteiger partial charge in [0, 0.05) is 16.3 Å². The van der Waals surface area contributed by atoms with Crippen LogP contribution in [0.15, 0.2) is 89.8 Å². The van der Waals surface area contributed by atoms with E-state index < -0.39 is 0 Å². The molecule has 0 spiro atoms. The van der Waals surface area contributed by atoms with Crippen LogP contribution in [0.25, 0.3) is 0 Å². The zero-order valence-electron chi connectivity index (χ0n) is 14.5. The minimum atomic E-state index is -0.0951. The first-order chi connectivity index (χ1) is 12.7. The van der Waals surface area contributed by atoms with E-state index in [4.69, 9.17) is 11.6 Å². The van der Waals surface area contributed by atoms with Gasteiger partial charge in [-0.25, -0.2) is 0 Å². The quantitative estimate of drug-likeness (QED) is 0.430. The Labute approximate surface area is 164 Å². The molecular formula is C23H21ClOS. The Morgan fingerprint density at radius 1 is 0.808 bits per heavy atom. The third kappa shape index (κ3) is 5.76. The number of ketones is 1. The second kappa shape index (κ2) is 9.61. The normalized spacial score (nSPS) is 11.9. The number of rotatable bonds is 8. The zero-order valence-corrected chi connectivity index (χ0v) is 16.0. The minimum Gasteiger partial charge on any atom is -0.298 e. The Hall–Kier alpha value is -2.03. The first kappa shape index (κ1) is 18.8. The molecule has 0 aliphatic carbocycles. The van der Waals surface area contributed by atoms with Crippen LogP contribution in [0.3, 0.4) is 0 Å².